The van der Waals surface area contributed by atoms with Crippen LogP contribution in [0.15, 0.2) is 23.1 Å². The molecule has 0 saturated carbocycles. The van der Waals surface area contributed by atoms with Gasteiger partial charge in [-0.3, -0.25) is 14.4 Å². The van der Waals surface area contributed by atoms with Gasteiger partial charge in [0.15, 0.2) is 0 Å². The molecule has 1 aromatic heterocycles. The Morgan fingerprint density at radius 1 is 1.37 bits per heavy atom. The van der Waals surface area contributed by atoms with Gasteiger partial charge < -0.3 is 19.9 Å². The fraction of sp³-hybridized carbons (Fsp3) is 0.556. The molecule has 2 amide bonds. The second-order valence-corrected chi connectivity index (χ2v) is 9.13. The quantitative estimate of drug-likeness (QED) is 0.710. The monoisotopic (exact) mass is 393 g/mol. The number of carbonyl (C=O) groups excluding carboxylic acids is 2. The van der Waals surface area contributed by atoms with Crippen molar-refractivity contribution >= 4 is 29.5 Å². The number of pyridine rings is 1. The van der Waals surface area contributed by atoms with Crippen molar-refractivity contribution in [2.75, 3.05) is 0 Å². The Morgan fingerprint density at radius 2 is 2.04 bits per heavy atom. The molecular formula is C18H23N3O5S. The molecule has 2 fully saturated rings. The van der Waals surface area contributed by atoms with Crippen molar-refractivity contribution < 1.29 is 19.5 Å². The maximum absolute atomic E-state index is 12.6. The molecule has 146 valence electrons. The lowest BCUT2D eigenvalue weighted by molar-refractivity contribution is -0.161. The summed E-state index contributed by atoms with van der Waals surface area (Å²) >= 11 is 1.37. The lowest BCUT2D eigenvalue weighted by Gasteiger charge is -2.43. The van der Waals surface area contributed by atoms with E-state index in [2.05, 4.69) is 5.32 Å². The van der Waals surface area contributed by atoms with Crippen LogP contribution < -0.4 is 10.9 Å². The topological polar surface area (TPSA) is 109 Å². The summed E-state index contributed by atoms with van der Waals surface area (Å²) < 4.78 is 0.699. The molecule has 3 heterocycles. The maximum atomic E-state index is 12.6. The zero-order valence-corrected chi connectivity index (χ0v) is 16.4. The lowest BCUT2D eigenvalue weighted by Crippen LogP contribution is -2.71. The van der Waals surface area contributed by atoms with Crippen molar-refractivity contribution in [3.8, 4) is 0 Å². The summed E-state index contributed by atoms with van der Waals surface area (Å²) in [5.74, 6) is -1.90. The summed E-state index contributed by atoms with van der Waals surface area (Å²) in [6.45, 7) is 7.02. The highest BCUT2D eigenvalue weighted by atomic mass is 32.2. The molecule has 4 atom stereocenters. The van der Waals surface area contributed by atoms with Gasteiger partial charge >= 0.3 is 5.97 Å². The highest BCUT2D eigenvalue weighted by Crippen LogP contribution is 2.50. The van der Waals surface area contributed by atoms with Crippen LogP contribution in [0.1, 0.15) is 39.3 Å². The highest BCUT2D eigenvalue weighted by molar-refractivity contribution is 8.01. The van der Waals surface area contributed by atoms with Crippen LogP contribution in [0.4, 0.5) is 0 Å². The summed E-state index contributed by atoms with van der Waals surface area (Å²) in [5.41, 5.74) is 0.381. The summed E-state index contributed by atoms with van der Waals surface area (Å²) in [5, 5.41) is 11.7. The molecule has 2 saturated heterocycles. The molecule has 1 aromatic rings. The molecule has 2 aliphatic heterocycles. The molecule has 2 N–H and O–H groups in total. The van der Waals surface area contributed by atoms with E-state index < -0.39 is 46.0 Å². The van der Waals surface area contributed by atoms with E-state index in [1.54, 1.807) is 39.1 Å². The Hall–Kier alpha value is -2.29. The predicted octanol–water partition coefficient (Wildman–Crippen LogP) is 0.603. The van der Waals surface area contributed by atoms with E-state index in [0.29, 0.717) is 12.0 Å². The molecule has 0 bridgehead atoms. The fourth-order valence-corrected chi connectivity index (χ4v) is 5.30. The molecular weight excluding hydrogens is 370 g/mol. The van der Waals surface area contributed by atoms with Crippen molar-refractivity contribution in [2.24, 2.45) is 0 Å². The number of fused-ring (bicyclic) bond motifs is 1. The van der Waals surface area contributed by atoms with Gasteiger partial charge in [0, 0.05) is 16.5 Å². The van der Waals surface area contributed by atoms with Crippen molar-refractivity contribution in [1.29, 1.82) is 0 Å². The number of carboxylic acids is 1. The summed E-state index contributed by atoms with van der Waals surface area (Å²) in [6, 6.07) is 0.959. The molecule has 27 heavy (non-hydrogen) atoms. The lowest BCUT2D eigenvalue weighted by atomic mass is 9.96. The number of nitrogens with zero attached hydrogens (tertiary/aromatic N) is 2. The maximum Gasteiger partial charge on any atom is 0.327 e. The third kappa shape index (κ3) is 3.03. The number of hydrogen-bond donors (Lipinski definition) is 2. The van der Waals surface area contributed by atoms with Gasteiger partial charge in [0.1, 0.15) is 23.5 Å². The van der Waals surface area contributed by atoms with E-state index in [-0.39, 0.29) is 5.56 Å². The van der Waals surface area contributed by atoms with Crippen LogP contribution in [0.25, 0.3) is 0 Å². The van der Waals surface area contributed by atoms with E-state index in [4.69, 9.17) is 0 Å². The minimum Gasteiger partial charge on any atom is -0.480 e. The number of hydrogen-bond acceptors (Lipinski definition) is 5. The third-order valence-electron chi connectivity index (χ3n) is 5.20. The van der Waals surface area contributed by atoms with Crippen LogP contribution in [0.3, 0.4) is 0 Å². The molecule has 2 aliphatic rings. The average molecular weight is 393 g/mol. The molecule has 1 unspecified atom stereocenters. The number of aliphatic carboxylic acids is 1. The minimum atomic E-state index is -1.05. The van der Waals surface area contributed by atoms with Gasteiger partial charge in [-0.25, -0.2) is 4.79 Å². The molecule has 0 aromatic carbocycles. The van der Waals surface area contributed by atoms with Gasteiger partial charge in [-0.05, 0) is 33.3 Å². The largest absolute Gasteiger partial charge is 0.480 e. The Kier molecular flexibility index (Phi) is 4.83. The van der Waals surface area contributed by atoms with Crippen LogP contribution in [-0.4, -0.2) is 54.6 Å². The van der Waals surface area contributed by atoms with E-state index in [1.165, 1.54) is 21.2 Å². The first kappa shape index (κ1) is 19.5. The number of β-lactam (4-membered cyclic amide) rings is 1. The first-order valence-corrected chi connectivity index (χ1v) is 9.71. The Morgan fingerprint density at radius 3 is 2.63 bits per heavy atom. The summed E-state index contributed by atoms with van der Waals surface area (Å²) in [7, 11) is 0. The molecule has 9 heteroatoms. The van der Waals surface area contributed by atoms with Crippen molar-refractivity contribution in [3.05, 3.63) is 34.2 Å². The van der Waals surface area contributed by atoms with Crippen molar-refractivity contribution in [3.63, 3.8) is 0 Å². The Bertz CT molecular complexity index is 865. The number of nitrogens with one attached hydrogen (secondary N) is 1. The SMILES string of the molecule is CCc1cccn(C(C)C(=O)N[C@@H]2C(=O)N3[C@@H]2SC(C)(C)[C@@H]3C(=O)O)c1=O. The van der Waals surface area contributed by atoms with Crippen molar-refractivity contribution in [1.82, 2.24) is 14.8 Å². The molecule has 8 nitrogen and oxygen atoms in total. The number of carboxylic acid groups (broad SMARTS) is 1. The van der Waals surface area contributed by atoms with Crippen LogP contribution in [0.2, 0.25) is 0 Å². The first-order valence-electron chi connectivity index (χ1n) is 8.83. The third-order valence-corrected chi connectivity index (χ3v) is 6.78. The van der Waals surface area contributed by atoms with Gasteiger partial charge in [-0.2, -0.15) is 0 Å². The molecule has 3 rings (SSSR count). The van der Waals surface area contributed by atoms with Crippen LogP contribution in [0.5, 0.6) is 0 Å². The minimum absolute atomic E-state index is 0.230. The second kappa shape index (κ2) is 6.70. The predicted molar refractivity (Wildman–Crippen MR) is 100 cm³/mol. The Balaban J connectivity index is 1.76. The van der Waals surface area contributed by atoms with E-state index in [9.17, 15) is 24.3 Å². The average Bonchev–Trinajstić information content (AvgIpc) is 2.87. The Labute approximate surface area is 160 Å². The molecule has 0 aliphatic carbocycles. The number of rotatable bonds is 5. The van der Waals surface area contributed by atoms with Gasteiger partial charge in [0.2, 0.25) is 11.8 Å². The summed E-state index contributed by atoms with van der Waals surface area (Å²) in [4.78, 5) is 50.4. The fourth-order valence-electron chi connectivity index (χ4n) is 3.68. The normalized spacial score (nSPS) is 26.9. The number of thioether (sulfide) groups is 1. The highest BCUT2D eigenvalue weighted by Gasteiger charge is 2.64. The standard InChI is InChI=1S/C18H23N3O5S/c1-5-10-7-6-8-20(14(10)23)9(2)13(22)19-11-15(24)21-12(17(25)26)18(3,4)27-16(11)21/h6-9,11-12,16H,5H2,1-4H3,(H,19,22)(H,25,26)/t9?,11-,12+,16-/m1/s1. The van der Waals surface area contributed by atoms with Gasteiger partial charge in [0.25, 0.3) is 5.56 Å². The zero-order chi connectivity index (χ0) is 20.1. The van der Waals surface area contributed by atoms with Gasteiger partial charge in [-0.1, -0.05) is 13.0 Å². The first-order chi connectivity index (χ1) is 12.6. The van der Waals surface area contributed by atoms with Gasteiger partial charge in [-0.15, -0.1) is 11.8 Å². The van der Waals surface area contributed by atoms with E-state index in [0.717, 1.165) is 0 Å². The van der Waals surface area contributed by atoms with Crippen molar-refractivity contribution in [2.45, 2.75) is 62.4 Å². The van der Waals surface area contributed by atoms with Crippen LogP contribution >= 0.6 is 11.8 Å². The zero-order valence-electron chi connectivity index (χ0n) is 15.6. The van der Waals surface area contributed by atoms with E-state index in [1.807, 2.05) is 6.92 Å². The molecule has 0 radical (unpaired) electrons. The van der Waals surface area contributed by atoms with Crippen LogP contribution in [-0.2, 0) is 20.8 Å². The number of aryl methyl sites for hydroxylation is 1. The number of carbonyl (C=O) groups is 3. The summed E-state index contributed by atoms with van der Waals surface area (Å²) in [6.07, 6.45) is 2.11. The number of amides is 2. The number of aromatic nitrogens is 1. The molecule has 0 spiro atoms. The van der Waals surface area contributed by atoms with E-state index >= 15 is 0 Å². The van der Waals surface area contributed by atoms with Gasteiger partial charge in [0.05, 0.1) is 0 Å². The van der Waals surface area contributed by atoms with Crippen LogP contribution in [0, 0.1) is 0 Å². The smallest absolute Gasteiger partial charge is 0.327 e. The second-order valence-electron chi connectivity index (χ2n) is 7.36.